The Bertz CT molecular complexity index is 338. The molecule has 0 saturated carbocycles. The minimum atomic E-state index is -1.07. The Kier molecular flexibility index (Phi) is 6.74. The molecule has 2 atom stereocenters. The summed E-state index contributed by atoms with van der Waals surface area (Å²) in [4.78, 5) is 26.4. The summed E-state index contributed by atoms with van der Waals surface area (Å²) in [7, 11) is 0. The minimum absolute atomic E-state index is 0.0786. The molecule has 1 aliphatic rings. The fraction of sp³-hybridized carbons (Fsp3) is 0.846. The Morgan fingerprint density at radius 1 is 1.35 bits per heavy atom. The van der Waals surface area contributed by atoms with Crippen molar-refractivity contribution in [1.82, 2.24) is 15.1 Å². The van der Waals surface area contributed by atoms with E-state index in [1.807, 2.05) is 0 Å². The zero-order valence-corrected chi connectivity index (χ0v) is 12.2. The van der Waals surface area contributed by atoms with Gasteiger partial charge in [-0.3, -0.25) is 0 Å². The standard InChI is InChI=1S/C13H25N3O4/c1-3-6-15(4-2)7-5-14-13(20)16-9-10(17)8-11(16)12(18)19/h10-11,17H,3-9H2,1-2H3,(H,14,20)(H,18,19)/t10-,11+/m1/s1. The molecular weight excluding hydrogens is 262 g/mol. The molecule has 0 aromatic carbocycles. The summed E-state index contributed by atoms with van der Waals surface area (Å²) < 4.78 is 0. The number of β-amino-alcohol motifs (C(OH)–C–C–N with tert-alkyl or cyclic N) is 1. The van der Waals surface area contributed by atoms with Crippen LogP contribution in [-0.4, -0.2) is 76.9 Å². The monoisotopic (exact) mass is 287 g/mol. The third kappa shape index (κ3) is 4.64. The molecule has 0 radical (unpaired) electrons. The van der Waals surface area contributed by atoms with Crippen LogP contribution in [0.1, 0.15) is 26.7 Å². The third-order valence-electron chi connectivity index (χ3n) is 3.52. The SMILES string of the molecule is CCCN(CC)CCNC(=O)N1C[C@H](O)C[C@H]1C(=O)O. The maximum Gasteiger partial charge on any atom is 0.326 e. The normalized spacial score (nSPS) is 22.3. The van der Waals surface area contributed by atoms with Gasteiger partial charge in [-0.25, -0.2) is 9.59 Å². The van der Waals surface area contributed by atoms with E-state index in [0.717, 1.165) is 26.1 Å². The van der Waals surface area contributed by atoms with Crippen molar-refractivity contribution in [3.05, 3.63) is 0 Å². The summed E-state index contributed by atoms with van der Waals surface area (Å²) in [5.41, 5.74) is 0. The first-order valence-electron chi connectivity index (χ1n) is 7.17. The predicted octanol–water partition coefficient (Wildman–Crippen LogP) is -0.0523. The average molecular weight is 287 g/mol. The highest BCUT2D eigenvalue weighted by molar-refractivity contribution is 5.83. The number of nitrogens with zero attached hydrogens (tertiary/aromatic N) is 2. The number of carboxylic acids is 1. The van der Waals surface area contributed by atoms with Crippen molar-refractivity contribution in [2.45, 2.75) is 38.8 Å². The molecular formula is C13H25N3O4. The van der Waals surface area contributed by atoms with Gasteiger partial charge in [0.1, 0.15) is 6.04 Å². The van der Waals surface area contributed by atoms with E-state index >= 15 is 0 Å². The summed E-state index contributed by atoms with van der Waals surface area (Å²) in [5.74, 6) is -1.07. The summed E-state index contributed by atoms with van der Waals surface area (Å²) in [6.45, 7) is 7.36. The molecule has 116 valence electrons. The number of hydrogen-bond acceptors (Lipinski definition) is 4. The highest BCUT2D eigenvalue weighted by atomic mass is 16.4. The van der Waals surface area contributed by atoms with Crippen LogP contribution in [0, 0.1) is 0 Å². The van der Waals surface area contributed by atoms with E-state index in [-0.39, 0.29) is 13.0 Å². The van der Waals surface area contributed by atoms with E-state index in [1.165, 1.54) is 4.90 Å². The van der Waals surface area contributed by atoms with E-state index in [2.05, 4.69) is 24.1 Å². The molecule has 20 heavy (non-hydrogen) atoms. The largest absolute Gasteiger partial charge is 0.480 e. The van der Waals surface area contributed by atoms with Crippen molar-refractivity contribution < 1.29 is 19.8 Å². The van der Waals surface area contributed by atoms with Gasteiger partial charge < -0.3 is 25.3 Å². The van der Waals surface area contributed by atoms with Crippen molar-refractivity contribution >= 4 is 12.0 Å². The molecule has 0 unspecified atom stereocenters. The van der Waals surface area contributed by atoms with Crippen LogP contribution in [0.3, 0.4) is 0 Å². The topological polar surface area (TPSA) is 93.1 Å². The molecule has 1 aliphatic heterocycles. The van der Waals surface area contributed by atoms with Gasteiger partial charge in [-0.05, 0) is 19.5 Å². The molecule has 0 aromatic heterocycles. The Morgan fingerprint density at radius 3 is 2.60 bits per heavy atom. The number of amides is 2. The molecule has 0 spiro atoms. The first-order chi connectivity index (χ1) is 9.49. The second-order valence-electron chi connectivity index (χ2n) is 5.06. The predicted molar refractivity (Wildman–Crippen MR) is 74.6 cm³/mol. The number of urea groups is 1. The Labute approximate surface area is 119 Å². The van der Waals surface area contributed by atoms with Crippen molar-refractivity contribution in [3.8, 4) is 0 Å². The second kappa shape index (κ2) is 8.06. The highest BCUT2D eigenvalue weighted by Gasteiger charge is 2.38. The lowest BCUT2D eigenvalue weighted by molar-refractivity contribution is -0.141. The lowest BCUT2D eigenvalue weighted by Crippen LogP contribution is -2.47. The van der Waals surface area contributed by atoms with Gasteiger partial charge in [0.05, 0.1) is 6.10 Å². The summed E-state index contributed by atoms with van der Waals surface area (Å²) in [6.07, 6.45) is 0.398. The van der Waals surface area contributed by atoms with E-state index in [1.54, 1.807) is 0 Å². The molecule has 0 bridgehead atoms. The molecule has 7 heteroatoms. The van der Waals surface area contributed by atoms with Gasteiger partial charge in [-0.1, -0.05) is 13.8 Å². The average Bonchev–Trinajstić information content (AvgIpc) is 2.80. The number of carbonyl (C=O) groups excluding carboxylic acids is 1. The zero-order valence-electron chi connectivity index (χ0n) is 12.2. The van der Waals surface area contributed by atoms with Gasteiger partial charge in [0.2, 0.25) is 0 Å². The lowest BCUT2D eigenvalue weighted by Gasteiger charge is -2.23. The van der Waals surface area contributed by atoms with Gasteiger partial charge in [-0.2, -0.15) is 0 Å². The minimum Gasteiger partial charge on any atom is -0.480 e. The fourth-order valence-corrected chi connectivity index (χ4v) is 2.44. The number of carbonyl (C=O) groups is 2. The second-order valence-corrected chi connectivity index (χ2v) is 5.06. The maximum atomic E-state index is 12.0. The number of rotatable bonds is 7. The molecule has 1 fully saturated rings. The summed E-state index contributed by atoms with van der Waals surface area (Å²) >= 11 is 0. The molecule has 2 amide bonds. The van der Waals surface area contributed by atoms with Crippen LogP contribution in [-0.2, 0) is 4.79 Å². The Balaban J connectivity index is 2.40. The van der Waals surface area contributed by atoms with Crippen molar-refractivity contribution in [2.24, 2.45) is 0 Å². The quantitative estimate of drug-likeness (QED) is 0.610. The molecule has 0 aromatic rings. The van der Waals surface area contributed by atoms with Crippen molar-refractivity contribution in [3.63, 3.8) is 0 Å². The van der Waals surface area contributed by atoms with Gasteiger partial charge in [-0.15, -0.1) is 0 Å². The van der Waals surface area contributed by atoms with Gasteiger partial charge in [0, 0.05) is 26.1 Å². The van der Waals surface area contributed by atoms with Crippen LogP contribution in [0.4, 0.5) is 4.79 Å². The molecule has 1 saturated heterocycles. The number of hydrogen-bond donors (Lipinski definition) is 3. The van der Waals surface area contributed by atoms with Crippen LogP contribution in [0.15, 0.2) is 0 Å². The van der Waals surface area contributed by atoms with E-state index < -0.39 is 24.1 Å². The number of aliphatic carboxylic acids is 1. The maximum absolute atomic E-state index is 12.0. The van der Waals surface area contributed by atoms with E-state index in [9.17, 15) is 14.7 Å². The van der Waals surface area contributed by atoms with Crippen molar-refractivity contribution in [2.75, 3.05) is 32.7 Å². The van der Waals surface area contributed by atoms with Gasteiger partial charge >= 0.3 is 12.0 Å². The van der Waals surface area contributed by atoms with E-state index in [0.29, 0.717) is 6.54 Å². The zero-order chi connectivity index (χ0) is 15.1. The third-order valence-corrected chi connectivity index (χ3v) is 3.52. The van der Waals surface area contributed by atoms with Crippen LogP contribution >= 0.6 is 0 Å². The molecule has 3 N–H and O–H groups in total. The number of nitrogens with one attached hydrogen (secondary N) is 1. The number of aliphatic hydroxyl groups is 1. The summed E-state index contributed by atoms with van der Waals surface area (Å²) in [5, 5.41) is 21.3. The molecule has 0 aliphatic carbocycles. The van der Waals surface area contributed by atoms with Gasteiger partial charge in [0.15, 0.2) is 0 Å². The Morgan fingerprint density at radius 2 is 2.05 bits per heavy atom. The van der Waals surface area contributed by atoms with Crippen LogP contribution < -0.4 is 5.32 Å². The highest BCUT2D eigenvalue weighted by Crippen LogP contribution is 2.17. The smallest absolute Gasteiger partial charge is 0.326 e. The first-order valence-corrected chi connectivity index (χ1v) is 7.17. The number of carboxylic acid groups (broad SMARTS) is 1. The number of likely N-dealkylation sites (tertiary alicyclic amines) is 1. The van der Waals surface area contributed by atoms with Crippen LogP contribution in [0.5, 0.6) is 0 Å². The fourth-order valence-electron chi connectivity index (χ4n) is 2.44. The van der Waals surface area contributed by atoms with E-state index in [4.69, 9.17) is 5.11 Å². The van der Waals surface area contributed by atoms with Gasteiger partial charge in [0.25, 0.3) is 0 Å². The van der Waals surface area contributed by atoms with Crippen LogP contribution in [0.2, 0.25) is 0 Å². The Hall–Kier alpha value is -1.34. The molecule has 1 heterocycles. The molecule has 1 rings (SSSR count). The van der Waals surface area contributed by atoms with Crippen molar-refractivity contribution in [1.29, 1.82) is 0 Å². The lowest BCUT2D eigenvalue weighted by atomic mass is 10.2. The summed E-state index contributed by atoms with van der Waals surface area (Å²) in [6, 6.07) is -1.34. The number of aliphatic hydroxyl groups excluding tert-OH is 1. The first kappa shape index (κ1) is 16.7. The molecule has 7 nitrogen and oxygen atoms in total. The number of likely N-dealkylation sites (N-methyl/N-ethyl adjacent to an activating group) is 1. The van der Waals surface area contributed by atoms with Crippen LogP contribution in [0.25, 0.3) is 0 Å².